The smallest absolute Gasteiger partial charge is 0.126 e. The van der Waals surface area contributed by atoms with Gasteiger partial charge in [-0.2, -0.15) is 0 Å². The lowest BCUT2D eigenvalue weighted by atomic mass is 9.69. The summed E-state index contributed by atoms with van der Waals surface area (Å²) in [6, 6.07) is 0. The molecule has 0 amide bonds. The van der Waals surface area contributed by atoms with Crippen LogP contribution in [0.15, 0.2) is 28.8 Å². The SMILES string of the molecule is CC(C)(C)C1=CC=CC2(C(C)(C)C)N=C12. The van der Waals surface area contributed by atoms with Crippen molar-refractivity contribution in [2.24, 2.45) is 15.8 Å². The zero-order chi connectivity index (χ0) is 11.5. The summed E-state index contributed by atoms with van der Waals surface area (Å²) in [6.45, 7) is 13.6. The minimum atomic E-state index is 0.00433. The Morgan fingerprint density at radius 3 is 2.13 bits per heavy atom. The van der Waals surface area contributed by atoms with Crippen LogP contribution in [0, 0.1) is 10.8 Å². The molecule has 0 N–H and O–H groups in total. The monoisotopic (exact) mass is 203 g/mol. The average Bonchev–Trinajstić information content (AvgIpc) is 2.74. The van der Waals surface area contributed by atoms with Crippen molar-refractivity contribution in [3.63, 3.8) is 0 Å². The Labute approximate surface area is 93.0 Å². The van der Waals surface area contributed by atoms with Gasteiger partial charge in [-0.05, 0) is 16.4 Å². The highest BCUT2D eigenvalue weighted by Crippen LogP contribution is 2.52. The average molecular weight is 203 g/mol. The predicted molar refractivity (Wildman–Crippen MR) is 66.3 cm³/mol. The van der Waals surface area contributed by atoms with Gasteiger partial charge in [0.2, 0.25) is 0 Å². The van der Waals surface area contributed by atoms with Crippen molar-refractivity contribution >= 4 is 5.71 Å². The van der Waals surface area contributed by atoms with Gasteiger partial charge in [0.25, 0.3) is 0 Å². The number of allylic oxidation sites excluding steroid dienone is 2. The first kappa shape index (κ1) is 10.7. The molecule has 0 saturated heterocycles. The van der Waals surface area contributed by atoms with Crippen molar-refractivity contribution in [1.29, 1.82) is 0 Å². The maximum atomic E-state index is 4.77. The number of rotatable bonds is 0. The molecule has 0 aromatic carbocycles. The molecule has 1 unspecified atom stereocenters. The van der Waals surface area contributed by atoms with Gasteiger partial charge in [-0.3, -0.25) is 4.99 Å². The van der Waals surface area contributed by atoms with Crippen LogP contribution in [0.2, 0.25) is 0 Å². The summed E-state index contributed by atoms with van der Waals surface area (Å²) in [5.41, 5.74) is 3.12. The molecule has 0 fully saturated rings. The van der Waals surface area contributed by atoms with E-state index in [0.29, 0.717) is 0 Å². The molecule has 0 radical (unpaired) electrons. The molecular formula is C14H21N. The van der Waals surface area contributed by atoms with E-state index < -0.39 is 0 Å². The van der Waals surface area contributed by atoms with Crippen LogP contribution in [-0.2, 0) is 0 Å². The van der Waals surface area contributed by atoms with Gasteiger partial charge in [0.15, 0.2) is 0 Å². The van der Waals surface area contributed by atoms with Gasteiger partial charge in [-0.25, -0.2) is 0 Å². The summed E-state index contributed by atoms with van der Waals surface area (Å²) >= 11 is 0. The van der Waals surface area contributed by atoms with Crippen LogP contribution in [-0.4, -0.2) is 11.3 Å². The van der Waals surface area contributed by atoms with Crippen molar-refractivity contribution in [2.45, 2.75) is 47.1 Å². The largest absolute Gasteiger partial charge is 0.269 e. The van der Waals surface area contributed by atoms with Gasteiger partial charge in [-0.1, -0.05) is 59.8 Å². The summed E-state index contributed by atoms with van der Waals surface area (Å²) < 4.78 is 0. The fourth-order valence-corrected chi connectivity index (χ4v) is 2.27. The third-order valence-corrected chi connectivity index (χ3v) is 3.41. The molecule has 0 saturated carbocycles. The molecule has 2 rings (SSSR count). The minimum absolute atomic E-state index is 0.00433. The molecule has 1 atom stereocenters. The molecule has 1 aliphatic carbocycles. The van der Waals surface area contributed by atoms with E-state index in [9.17, 15) is 0 Å². The Kier molecular flexibility index (Phi) is 1.87. The first-order chi connectivity index (χ1) is 6.68. The van der Waals surface area contributed by atoms with E-state index >= 15 is 0 Å². The molecule has 0 spiro atoms. The van der Waals surface area contributed by atoms with Crippen molar-refractivity contribution in [2.75, 3.05) is 0 Å². The van der Waals surface area contributed by atoms with Crippen LogP contribution in [0.5, 0.6) is 0 Å². The van der Waals surface area contributed by atoms with Gasteiger partial charge in [-0.15, -0.1) is 0 Å². The van der Waals surface area contributed by atoms with Crippen molar-refractivity contribution in [3.05, 3.63) is 23.8 Å². The first-order valence-corrected chi connectivity index (χ1v) is 5.69. The van der Waals surface area contributed by atoms with Crippen molar-refractivity contribution < 1.29 is 0 Å². The Bertz CT molecular complexity index is 383. The van der Waals surface area contributed by atoms with Crippen LogP contribution >= 0.6 is 0 Å². The normalized spacial score (nSPS) is 29.5. The zero-order valence-corrected chi connectivity index (χ0v) is 10.7. The predicted octanol–water partition coefficient (Wildman–Crippen LogP) is 3.77. The number of fused-ring (bicyclic) bond motifs is 1. The van der Waals surface area contributed by atoms with Gasteiger partial charge in [0.05, 0.1) is 5.71 Å². The van der Waals surface area contributed by atoms with Gasteiger partial charge in [0.1, 0.15) is 5.54 Å². The maximum absolute atomic E-state index is 4.77. The third kappa shape index (κ3) is 1.40. The number of hydrogen-bond acceptors (Lipinski definition) is 1. The lowest BCUT2D eigenvalue weighted by molar-refractivity contribution is 0.350. The lowest BCUT2D eigenvalue weighted by Crippen LogP contribution is -2.36. The van der Waals surface area contributed by atoms with Gasteiger partial charge in [0, 0.05) is 0 Å². The fourth-order valence-electron chi connectivity index (χ4n) is 2.27. The summed E-state index contributed by atoms with van der Waals surface area (Å²) in [5.74, 6) is 0. The topological polar surface area (TPSA) is 12.4 Å². The first-order valence-electron chi connectivity index (χ1n) is 5.69. The molecular weight excluding hydrogens is 182 g/mol. The third-order valence-electron chi connectivity index (χ3n) is 3.41. The number of aliphatic imine (C=N–C) groups is 1. The Morgan fingerprint density at radius 2 is 1.67 bits per heavy atom. The lowest BCUT2D eigenvalue weighted by Gasteiger charge is -2.32. The Morgan fingerprint density at radius 1 is 1.07 bits per heavy atom. The van der Waals surface area contributed by atoms with Gasteiger partial charge >= 0.3 is 0 Å². The Hall–Kier alpha value is -0.850. The second-order valence-corrected chi connectivity index (χ2v) is 6.67. The summed E-state index contributed by atoms with van der Waals surface area (Å²) in [5, 5.41) is 0. The van der Waals surface area contributed by atoms with Crippen molar-refractivity contribution in [1.82, 2.24) is 0 Å². The fraction of sp³-hybridized carbons (Fsp3) is 0.643. The van der Waals surface area contributed by atoms with E-state index in [0.717, 1.165) is 0 Å². The quantitative estimate of drug-likeness (QED) is 0.568. The maximum Gasteiger partial charge on any atom is 0.126 e. The molecule has 1 aliphatic heterocycles. The number of hydrogen-bond donors (Lipinski definition) is 0. The highest BCUT2D eigenvalue weighted by Gasteiger charge is 2.56. The highest BCUT2D eigenvalue weighted by atomic mass is 15.1. The molecule has 0 aromatic rings. The summed E-state index contributed by atoms with van der Waals surface area (Å²) in [7, 11) is 0. The van der Waals surface area contributed by atoms with E-state index in [1.165, 1.54) is 11.3 Å². The van der Waals surface area contributed by atoms with E-state index in [2.05, 4.69) is 59.8 Å². The molecule has 15 heavy (non-hydrogen) atoms. The molecule has 0 bridgehead atoms. The van der Waals surface area contributed by atoms with E-state index in [1.807, 2.05) is 0 Å². The van der Waals surface area contributed by atoms with Crippen LogP contribution in [0.25, 0.3) is 0 Å². The van der Waals surface area contributed by atoms with Crippen LogP contribution < -0.4 is 0 Å². The minimum Gasteiger partial charge on any atom is -0.269 e. The van der Waals surface area contributed by atoms with Gasteiger partial charge < -0.3 is 0 Å². The van der Waals surface area contributed by atoms with E-state index in [-0.39, 0.29) is 16.4 Å². The van der Waals surface area contributed by atoms with Crippen LogP contribution in [0.1, 0.15) is 41.5 Å². The Balaban J connectivity index is 2.35. The zero-order valence-electron chi connectivity index (χ0n) is 10.7. The second-order valence-electron chi connectivity index (χ2n) is 6.67. The standard InChI is InChI=1S/C14H21N/c1-12(2,3)10-8-7-9-14(11(10)15-14)13(4,5)6/h7-9H,1-6H3. The second kappa shape index (κ2) is 2.63. The van der Waals surface area contributed by atoms with E-state index in [4.69, 9.17) is 4.99 Å². The number of nitrogens with zero attached hydrogens (tertiary/aromatic N) is 1. The molecule has 1 heterocycles. The highest BCUT2D eigenvalue weighted by molar-refractivity contribution is 6.20. The molecule has 2 aliphatic rings. The summed E-state index contributed by atoms with van der Waals surface area (Å²) in [4.78, 5) is 4.77. The van der Waals surface area contributed by atoms with Crippen LogP contribution in [0.3, 0.4) is 0 Å². The molecule has 0 aromatic heterocycles. The van der Waals surface area contributed by atoms with E-state index in [1.54, 1.807) is 0 Å². The summed E-state index contributed by atoms with van der Waals surface area (Å²) in [6.07, 6.45) is 6.64. The molecule has 1 nitrogen and oxygen atoms in total. The van der Waals surface area contributed by atoms with Crippen LogP contribution in [0.4, 0.5) is 0 Å². The molecule has 1 heteroatoms. The molecule has 82 valence electrons. The van der Waals surface area contributed by atoms with Crippen molar-refractivity contribution in [3.8, 4) is 0 Å².